The van der Waals surface area contributed by atoms with Gasteiger partial charge in [0.15, 0.2) is 0 Å². The molecule has 0 saturated heterocycles. The average molecular weight is 255 g/mol. The zero-order chi connectivity index (χ0) is 13.1. The summed E-state index contributed by atoms with van der Waals surface area (Å²) in [5.74, 6) is 0.905. The molecular formula is C15H23ClO. The number of halogens is 1. The molecule has 0 aliphatic heterocycles. The summed E-state index contributed by atoms with van der Waals surface area (Å²) in [6.45, 7) is 10.6. The molecule has 0 N–H and O–H groups in total. The molecule has 1 aromatic rings. The molecule has 0 aliphatic rings. The molecule has 96 valence electrons. The Labute approximate surface area is 110 Å². The van der Waals surface area contributed by atoms with Crippen LogP contribution in [0.5, 0.6) is 5.75 Å². The quantitative estimate of drug-likeness (QED) is 0.657. The zero-order valence-corrected chi connectivity index (χ0v) is 12.2. The number of ether oxygens (including phenoxy) is 1. The molecule has 0 fully saturated rings. The molecule has 0 aliphatic carbocycles. The molecule has 1 atom stereocenters. The molecule has 0 saturated carbocycles. The molecule has 0 radical (unpaired) electrons. The lowest BCUT2D eigenvalue weighted by Crippen LogP contribution is -2.16. The van der Waals surface area contributed by atoms with E-state index in [4.69, 9.17) is 16.3 Å². The van der Waals surface area contributed by atoms with Crippen LogP contribution in [0, 0.1) is 5.41 Å². The Morgan fingerprint density at radius 3 is 2.12 bits per heavy atom. The third kappa shape index (κ3) is 3.92. The topological polar surface area (TPSA) is 9.23 Å². The van der Waals surface area contributed by atoms with E-state index in [-0.39, 0.29) is 16.9 Å². The Hall–Kier alpha value is -0.690. The molecule has 0 spiro atoms. The van der Waals surface area contributed by atoms with Crippen LogP contribution in [-0.2, 0) is 0 Å². The molecule has 0 heterocycles. The number of rotatable bonds is 5. The highest BCUT2D eigenvalue weighted by Crippen LogP contribution is 2.41. The van der Waals surface area contributed by atoms with Crippen molar-refractivity contribution >= 4 is 11.6 Å². The van der Waals surface area contributed by atoms with Crippen molar-refractivity contribution in [1.29, 1.82) is 0 Å². The first kappa shape index (κ1) is 14.4. The smallest absolute Gasteiger partial charge is 0.119 e. The number of alkyl halides is 1. The average Bonchev–Trinajstić information content (AvgIpc) is 2.28. The highest BCUT2D eigenvalue weighted by Gasteiger charge is 2.27. The number of benzene rings is 1. The maximum absolute atomic E-state index is 6.52. The van der Waals surface area contributed by atoms with Gasteiger partial charge >= 0.3 is 0 Å². The Kier molecular flexibility index (Phi) is 4.88. The second-order valence-corrected chi connectivity index (χ2v) is 5.88. The van der Waals surface area contributed by atoms with Gasteiger partial charge in [-0.15, -0.1) is 11.6 Å². The van der Waals surface area contributed by atoms with E-state index in [1.165, 1.54) is 0 Å². The summed E-state index contributed by atoms with van der Waals surface area (Å²) >= 11 is 6.52. The van der Waals surface area contributed by atoms with Gasteiger partial charge in [0, 0.05) is 0 Å². The minimum Gasteiger partial charge on any atom is -0.491 e. The Bertz CT molecular complexity index is 340. The molecule has 1 aromatic carbocycles. The van der Waals surface area contributed by atoms with Gasteiger partial charge < -0.3 is 4.74 Å². The number of hydrogen-bond acceptors (Lipinski definition) is 1. The van der Waals surface area contributed by atoms with Gasteiger partial charge in [0.25, 0.3) is 0 Å². The van der Waals surface area contributed by atoms with Crippen LogP contribution in [0.2, 0.25) is 0 Å². The molecule has 0 amide bonds. The fourth-order valence-electron chi connectivity index (χ4n) is 1.62. The molecule has 0 bridgehead atoms. The molecule has 17 heavy (non-hydrogen) atoms. The van der Waals surface area contributed by atoms with Crippen LogP contribution >= 0.6 is 11.6 Å². The van der Waals surface area contributed by atoms with Crippen molar-refractivity contribution in [1.82, 2.24) is 0 Å². The first-order valence-electron chi connectivity index (χ1n) is 6.27. The third-order valence-corrected chi connectivity index (χ3v) is 3.98. The summed E-state index contributed by atoms with van der Waals surface area (Å²) in [7, 11) is 0. The predicted octanol–water partition coefficient (Wildman–Crippen LogP) is 5.19. The van der Waals surface area contributed by atoms with Crippen molar-refractivity contribution in [3.63, 3.8) is 0 Å². The molecular weight excluding hydrogens is 232 g/mol. The van der Waals surface area contributed by atoms with E-state index >= 15 is 0 Å². The SMILES string of the molecule is CCC(C)(C)C(Cl)c1ccc(OC(C)C)cc1. The lowest BCUT2D eigenvalue weighted by Gasteiger charge is -2.29. The maximum Gasteiger partial charge on any atom is 0.119 e. The minimum atomic E-state index is 0.0422. The summed E-state index contributed by atoms with van der Waals surface area (Å²) in [5.41, 5.74) is 1.27. The monoisotopic (exact) mass is 254 g/mol. The van der Waals surface area contributed by atoms with Crippen molar-refractivity contribution in [3.05, 3.63) is 29.8 Å². The van der Waals surface area contributed by atoms with Crippen molar-refractivity contribution in [2.75, 3.05) is 0 Å². The molecule has 1 nitrogen and oxygen atoms in total. The normalized spacial score (nSPS) is 13.8. The predicted molar refractivity (Wildman–Crippen MR) is 74.9 cm³/mol. The third-order valence-electron chi connectivity index (χ3n) is 3.14. The Morgan fingerprint density at radius 1 is 1.18 bits per heavy atom. The van der Waals surface area contributed by atoms with Gasteiger partial charge in [0.1, 0.15) is 5.75 Å². The van der Waals surface area contributed by atoms with E-state index in [2.05, 4.69) is 32.9 Å². The van der Waals surface area contributed by atoms with E-state index in [1.807, 2.05) is 26.0 Å². The van der Waals surface area contributed by atoms with Crippen LogP contribution in [0.3, 0.4) is 0 Å². The fourth-order valence-corrected chi connectivity index (χ4v) is 1.92. The van der Waals surface area contributed by atoms with Gasteiger partial charge in [-0.3, -0.25) is 0 Å². The van der Waals surface area contributed by atoms with Crippen molar-refractivity contribution in [2.24, 2.45) is 5.41 Å². The zero-order valence-electron chi connectivity index (χ0n) is 11.5. The summed E-state index contributed by atoms with van der Waals surface area (Å²) in [6.07, 6.45) is 1.27. The first-order chi connectivity index (χ1) is 7.86. The van der Waals surface area contributed by atoms with Crippen molar-refractivity contribution in [3.8, 4) is 5.75 Å². The van der Waals surface area contributed by atoms with Gasteiger partial charge in [-0.2, -0.15) is 0 Å². The summed E-state index contributed by atoms with van der Waals surface area (Å²) in [6, 6.07) is 8.12. The first-order valence-corrected chi connectivity index (χ1v) is 6.71. The highest BCUT2D eigenvalue weighted by atomic mass is 35.5. The van der Waals surface area contributed by atoms with Gasteiger partial charge in [0.2, 0.25) is 0 Å². The lowest BCUT2D eigenvalue weighted by atomic mass is 9.83. The molecule has 1 rings (SSSR count). The van der Waals surface area contributed by atoms with E-state index in [0.717, 1.165) is 17.7 Å². The van der Waals surface area contributed by atoms with Crippen LogP contribution < -0.4 is 4.74 Å². The Morgan fingerprint density at radius 2 is 1.71 bits per heavy atom. The van der Waals surface area contributed by atoms with E-state index in [1.54, 1.807) is 0 Å². The van der Waals surface area contributed by atoms with Gasteiger partial charge in [-0.1, -0.05) is 32.9 Å². The van der Waals surface area contributed by atoms with Crippen LogP contribution in [0.1, 0.15) is 52.0 Å². The van der Waals surface area contributed by atoms with Crippen LogP contribution in [0.4, 0.5) is 0 Å². The largest absolute Gasteiger partial charge is 0.491 e. The minimum absolute atomic E-state index is 0.0422. The van der Waals surface area contributed by atoms with E-state index in [9.17, 15) is 0 Å². The van der Waals surface area contributed by atoms with E-state index in [0.29, 0.717) is 0 Å². The summed E-state index contributed by atoms with van der Waals surface area (Å²) in [5, 5.41) is 0.0422. The second kappa shape index (κ2) is 5.77. The summed E-state index contributed by atoms with van der Waals surface area (Å²) in [4.78, 5) is 0. The van der Waals surface area contributed by atoms with Gasteiger partial charge in [0.05, 0.1) is 11.5 Å². The maximum atomic E-state index is 6.52. The molecule has 0 aromatic heterocycles. The van der Waals surface area contributed by atoms with E-state index < -0.39 is 0 Å². The lowest BCUT2D eigenvalue weighted by molar-refractivity contribution is 0.242. The van der Waals surface area contributed by atoms with Crippen molar-refractivity contribution in [2.45, 2.75) is 52.5 Å². The Balaban J connectivity index is 2.80. The second-order valence-electron chi connectivity index (χ2n) is 5.44. The standard InChI is InChI=1S/C15H23ClO/c1-6-15(4,5)14(16)12-7-9-13(10-8-12)17-11(2)3/h7-11,14H,6H2,1-5H3. The highest BCUT2D eigenvalue weighted by molar-refractivity contribution is 6.21. The summed E-state index contributed by atoms with van der Waals surface area (Å²) < 4.78 is 5.62. The fraction of sp³-hybridized carbons (Fsp3) is 0.600. The van der Waals surface area contributed by atoms with Crippen molar-refractivity contribution < 1.29 is 4.74 Å². The number of hydrogen-bond donors (Lipinski definition) is 0. The van der Waals surface area contributed by atoms with Gasteiger partial charge in [-0.25, -0.2) is 0 Å². The van der Waals surface area contributed by atoms with Gasteiger partial charge in [-0.05, 0) is 43.4 Å². The van der Waals surface area contributed by atoms with Crippen LogP contribution in [0.25, 0.3) is 0 Å². The molecule has 1 unspecified atom stereocenters. The molecule has 2 heteroatoms. The van der Waals surface area contributed by atoms with Crippen LogP contribution in [0.15, 0.2) is 24.3 Å². The van der Waals surface area contributed by atoms with Crippen LogP contribution in [-0.4, -0.2) is 6.10 Å².